The number of rotatable bonds is 0. The first-order chi connectivity index (χ1) is 7.09. The minimum Gasteiger partial charge on any atom is -0.399 e. The lowest BCUT2D eigenvalue weighted by atomic mass is 10.1. The minimum absolute atomic E-state index is 0.0977. The summed E-state index contributed by atoms with van der Waals surface area (Å²) in [5, 5.41) is 0. The number of nitrogen functional groups attached to an aromatic ring is 1. The van der Waals surface area contributed by atoms with Crippen LogP contribution in [0.25, 0.3) is 0 Å². The SMILES string of the molecule is CN1C(=O)Cc2cc(N)cc(F)c21.CS. The Morgan fingerprint density at radius 3 is 2.67 bits per heavy atom. The fourth-order valence-electron chi connectivity index (χ4n) is 1.60. The number of fused-ring (bicyclic) bond motifs is 1. The van der Waals surface area contributed by atoms with Crippen molar-refractivity contribution in [2.45, 2.75) is 6.42 Å². The van der Waals surface area contributed by atoms with E-state index in [-0.39, 0.29) is 12.3 Å². The summed E-state index contributed by atoms with van der Waals surface area (Å²) in [6, 6.07) is 2.87. The van der Waals surface area contributed by atoms with Gasteiger partial charge in [-0.1, -0.05) is 0 Å². The number of thiol groups is 1. The number of hydrogen-bond donors (Lipinski definition) is 2. The highest BCUT2D eigenvalue weighted by molar-refractivity contribution is 7.79. The number of amides is 1. The molecule has 0 unspecified atom stereocenters. The van der Waals surface area contributed by atoms with Crippen LogP contribution >= 0.6 is 12.6 Å². The molecule has 82 valence electrons. The number of likely N-dealkylation sites (N-methyl/N-ethyl adjacent to an activating group) is 1. The highest BCUT2D eigenvalue weighted by atomic mass is 32.1. The van der Waals surface area contributed by atoms with E-state index in [1.165, 1.54) is 11.0 Å². The van der Waals surface area contributed by atoms with E-state index in [0.29, 0.717) is 16.9 Å². The zero-order valence-electron chi connectivity index (χ0n) is 8.62. The first kappa shape index (κ1) is 11.8. The van der Waals surface area contributed by atoms with Crippen molar-refractivity contribution in [2.75, 3.05) is 23.9 Å². The number of halogens is 1. The molecule has 2 N–H and O–H groups in total. The van der Waals surface area contributed by atoms with Crippen molar-refractivity contribution in [3.05, 3.63) is 23.5 Å². The van der Waals surface area contributed by atoms with E-state index >= 15 is 0 Å². The molecule has 0 bridgehead atoms. The lowest BCUT2D eigenvalue weighted by molar-refractivity contribution is -0.117. The molecular weight excluding hydrogens is 215 g/mol. The molecular formula is C10H13FN2OS. The molecule has 0 atom stereocenters. The number of carbonyl (C=O) groups excluding carboxylic acids is 1. The maximum atomic E-state index is 13.3. The molecule has 0 fully saturated rings. The Morgan fingerprint density at radius 2 is 2.07 bits per heavy atom. The van der Waals surface area contributed by atoms with Crippen LogP contribution in [0.2, 0.25) is 0 Å². The fourth-order valence-corrected chi connectivity index (χ4v) is 1.60. The van der Waals surface area contributed by atoms with Crippen molar-refractivity contribution in [3.63, 3.8) is 0 Å². The Hall–Kier alpha value is -1.23. The molecule has 0 radical (unpaired) electrons. The summed E-state index contributed by atoms with van der Waals surface area (Å²) in [7, 11) is 1.56. The second kappa shape index (κ2) is 4.53. The quantitative estimate of drug-likeness (QED) is 0.522. The molecule has 1 aromatic carbocycles. The number of carbonyl (C=O) groups is 1. The number of benzene rings is 1. The van der Waals surface area contributed by atoms with Crippen molar-refractivity contribution < 1.29 is 9.18 Å². The molecule has 0 saturated carbocycles. The monoisotopic (exact) mass is 228 g/mol. The van der Waals surface area contributed by atoms with Crippen LogP contribution in [0.4, 0.5) is 15.8 Å². The molecule has 1 aliphatic heterocycles. The molecule has 1 heterocycles. The Bertz CT molecular complexity index is 395. The molecule has 2 rings (SSSR count). The van der Waals surface area contributed by atoms with E-state index in [1.807, 2.05) is 0 Å². The topological polar surface area (TPSA) is 46.3 Å². The molecule has 0 aromatic heterocycles. The van der Waals surface area contributed by atoms with E-state index in [0.717, 1.165) is 0 Å². The van der Waals surface area contributed by atoms with Gasteiger partial charge >= 0.3 is 0 Å². The number of anilines is 2. The van der Waals surface area contributed by atoms with Crippen LogP contribution in [0, 0.1) is 5.82 Å². The third kappa shape index (κ3) is 2.07. The predicted octanol–water partition coefficient (Wildman–Crippen LogP) is 1.47. The Morgan fingerprint density at radius 1 is 1.47 bits per heavy atom. The van der Waals surface area contributed by atoms with Gasteiger partial charge in [0.15, 0.2) is 0 Å². The minimum atomic E-state index is -0.427. The third-order valence-corrected chi connectivity index (χ3v) is 2.22. The smallest absolute Gasteiger partial charge is 0.231 e. The summed E-state index contributed by atoms with van der Waals surface area (Å²) in [5.74, 6) is -0.525. The Balaban J connectivity index is 0.000000531. The maximum absolute atomic E-state index is 13.3. The highest BCUT2D eigenvalue weighted by Crippen LogP contribution is 2.32. The van der Waals surface area contributed by atoms with Gasteiger partial charge in [0.2, 0.25) is 5.91 Å². The van der Waals surface area contributed by atoms with Crippen molar-refractivity contribution in [3.8, 4) is 0 Å². The van der Waals surface area contributed by atoms with Gasteiger partial charge in [-0.05, 0) is 24.0 Å². The Labute approximate surface area is 93.5 Å². The van der Waals surface area contributed by atoms with Crippen molar-refractivity contribution in [2.24, 2.45) is 0 Å². The predicted molar refractivity (Wildman–Crippen MR) is 62.8 cm³/mol. The molecule has 1 aliphatic rings. The van der Waals surface area contributed by atoms with Gasteiger partial charge in [0.05, 0.1) is 12.1 Å². The number of hydrogen-bond acceptors (Lipinski definition) is 3. The normalized spacial score (nSPS) is 13.3. The van der Waals surface area contributed by atoms with Crippen LogP contribution in [0.15, 0.2) is 12.1 Å². The standard InChI is InChI=1S/C9H9FN2O.CH4S/c1-12-8(13)3-5-2-6(11)4-7(10)9(5)12;1-2/h2,4H,3,11H2,1H3;2H,1H3. The fraction of sp³-hybridized carbons (Fsp3) is 0.300. The molecule has 0 aliphatic carbocycles. The van der Waals surface area contributed by atoms with Crippen LogP contribution in [-0.2, 0) is 11.2 Å². The lowest BCUT2D eigenvalue weighted by Gasteiger charge is -2.10. The van der Waals surface area contributed by atoms with Gasteiger partial charge in [-0.25, -0.2) is 4.39 Å². The molecule has 0 spiro atoms. The first-order valence-electron chi connectivity index (χ1n) is 4.39. The number of nitrogens with zero attached hydrogens (tertiary/aromatic N) is 1. The van der Waals surface area contributed by atoms with Gasteiger partial charge in [-0.15, -0.1) is 0 Å². The highest BCUT2D eigenvalue weighted by Gasteiger charge is 2.27. The van der Waals surface area contributed by atoms with Gasteiger partial charge in [-0.2, -0.15) is 12.6 Å². The molecule has 5 heteroatoms. The van der Waals surface area contributed by atoms with Gasteiger partial charge < -0.3 is 10.6 Å². The summed E-state index contributed by atoms with van der Waals surface area (Å²) in [6.45, 7) is 0. The average molecular weight is 228 g/mol. The second-order valence-electron chi connectivity index (χ2n) is 3.14. The average Bonchev–Trinajstić information content (AvgIpc) is 2.45. The summed E-state index contributed by atoms with van der Waals surface area (Å²) in [4.78, 5) is 12.5. The van der Waals surface area contributed by atoms with Gasteiger partial charge in [0.1, 0.15) is 5.82 Å². The summed E-state index contributed by atoms with van der Waals surface area (Å²) in [5.41, 5.74) is 6.84. The number of nitrogens with two attached hydrogens (primary N) is 1. The zero-order chi connectivity index (χ0) is 11.6. The van der Waals surface area contributed by atoms with E-state index in [9.17, 15) is 9.18 Å². The zero-order valence-corrected chi connectivity index (χ0v) is 9.51. The molecule has 0 saturated heterocycles. The van der Waals surface area contributed by atoms with E-state index < -0.39 is 5.82 Å². The van der Waals surface area contributed by atoms with E-state index in [1.54, 1.807) is 19.4 Å². The van der Waals surface area contributed by atoms with Gasteiger partial charge in [0, 0.05) is 12.7 Å². The molecule has 1 aromatic rings. The summed E-state index contributed by atoms with van der Waals surface area (Å²) >= 11 is 3.53. The Kier molecular flexibility index (Phi) is 3.57. The van der Waals surface area contributed by atoms with Crippen molar-refractivity contribution in [1.29, 1.82) is 0 Å². The summed E-state index contributed by atoms with van der Waals surface area (Å²) in [6.07, 6.45) is 1.94. The molecule has 15 heavy (non-hydrogen) atoms. The molecule has 1 amide bonds. The van der Waals surface area contributed by atoms with Crippen molar-refractivity contribution in [1.82, 2.24) is 0 Å². The summed E-state index contributed by atoms with van der Waals surface area (Å²) < 4.78 is 13.3. The van der Waals surface area contributed by atoms with Crippen LogP contribution in [0.5, 0.6) is 0 Å². The van der Waals surface area contributed by atoms with Gasteiger partial charge in [-0.3, -0.25) is 4.79 Å². The second-order valence-corrected chi connectivity index (χ2v) is 3.14. The maximum Gasteiger partial charge on any atom is 0.231 e. The van der Waals surface area contributed by atoms with Crippen molar-refractivity contribution >= 4 is 29.9 Å². The van der Waals surface area contributed by atoms with Crippen LogP contribution < -0.4 is 10.6 Å². The lowest BCUT2D eigenvalue weighted by Crippen LogP contribution is -2.21. The van der Waals surface area contributed by atoms with Crippen LogP contribution in [0.3, 0.4) is 0 Å². The van der Waals surface area contributed by atoms with Gasteiger partial charge in [0.25, 0.3) is 0 Å². The largest absolute Gasteiger partial charge is 0.399 e. The van der Waals surface area contributed by atoms with E-state index in [2.05, 4.69) is 12.6 Å². The van der Waals surface area contributed by atoms with E-state index in [4.69, 9.17) is 5.73 Å². The van der Waals surface area contributed by atoms with Crippen LogP contribution in [0.1, 0.15) is 5.56 Å². The van der Waals surface area contributed by atoms with Crippen LogP contribution in [-0.4, -0.2) is 19.2 Å². The first-order valence-corrected chi connectivity index (χ1v) is 5.28. The third-order valence-electron chi connectivity index (χ3n) is 2.22. The molecule has 3 nitrogen and oxygen atoms in total.